The molecule has 4 rings (SSSR count). The van der Waals surface area contributed by atoms with Crippen molar-refractivity contribution in [2.45, 2.75) is 0 Å². The van der Waals surface area contributed by atoms with Gasteiger partial charge in [0.1, 0.15) is 11.5 Å². The second-order valence-electron chi connectivity index (χ2n) is 6.93. The number of methoxy groups -OCH3 is 1. The minimum absolute atomic E-state index is 0.0122. The highest BCUT2D eigenvalue weighted by Crippen LogP contribution is 2.29. The van der Waals surface area contributed by atoms with Crippen molar-refractivity contribution in [1.29, 1.82) is 0 Å². The Bertz CT molecular complexity index is 1500. The van der Waals surface area contributed by atoms with E-state index < -0.39 is 10.5 Å². The molecule has 0 aliphatic heterocycles. The number of nitro benzene ring substituents is 1. The van der Waals surface area contributed by atoms with Gasteiger partial charge >= 0.3 is 0 Å². The third-order valence-electron chi connectivity index (χ3n) is 4.86. The van der Waals surface area contributed by atoms with Gasteiger partial charge in [0.2, 0.25) is 0 Å². The van der Waals surface area contributed by atoms with Crippen molar-refractivity contribution in [3.05, 3.63) is 95.0 Å². The first-order chi connectivity index (χ1) is 15.8. The first kappa shape index (κ1) is 22.7. The molecule has 0 bridgehead atoms. The lowest BCUT2D eigenvalue weighted by molar-refractivity contribution is -0.384. The van der Waals surface area contributed by atoms with Crippen molar-refractivity contribution < 1.29 is 14.8 Å². The minimum Gasteiger partial charge on any atom is -0.504 e. The Morgan fingerprint density at radius 2 is 1.94 bits per heavy atom. The van der Waals surface area contributed by atoms with E-state index in [9.17, 15) is 20.0 Å². The molecule has 0 aliphatic rings. The zero-order valence-electron chi connectivity index (χ0n) is 17.0. The Balaban J connectivity index is 1.99. The SMILES string of the molecule is COc1cc(C=Cc2nc3ccc(I)cc3c(=O)n2-c2ccc(Cl)cc2[N+](=O)[O-])ccc1O. The molecule has 33 heavy (non-hydrogen) atoms. The van der Waals surface area contributed by atoms with E-state index in [4.69, 9.17) is 16.3 Å². The van der Waals surface area contributed by atoms with Gasteiger partial charge in [-0.3, -0.25) is 19.5 Å². The molecule has 0 saturated heterocycles. The lowest BCUT2D eigenvalue weighted by Gasteiger charge is -2.12. The number of rotatable bonds is 5. The van der Waals surface area contributed by atoms with Crippen LogP contribution >= 0.6 is 34.2 Å². The Morgan fingerprint density at radius 1 is 1.15 bits per heavy atom. The Morgan fingerprint density at radius 3 is 2.67 bits per heavy atom. The van der Waals surface area contributed by atoms with Gasteiger partial charge in [0.25, 0.3) is 11.2 Å². The lowest BCUT2D eigenvalue weighted by Crippen LogP contribution is -2.23. The monoisotopic (exact) mass is 575 g/mol. The van der Waals surface area contributed by atoms with Crippen LogP contribution in [0.5, 0.6) is 11.5 Å². The number of nitro groups is 1. The number of ether oxygens (including phenoxy) is 1. The molecule has 0 atom stereocenters. The second kappa shape index (κ2) is 9.20. The summed E-state index contributed by atoms with van der Waals surface area (Å²) in [6.45, 7) is 0. The van der Waals surface area contributed by atoms with Gasteiger partial charge < -0.3 is 9.84 Å². The van der Waals surface area contributed by atoms with E-state index in [0.29, 0.717) is 16.5 Å². The Kier molecular flexibility index (Phi) is 6.34. The quantitative estimate of drug-likeness (QED) is 0.193. The highest BCUT2D eigenvalue weighted by Gasteiger charge is 2.21. The molecular weight excluding hydrogens is 561 g/mol. The van der Waals surface area contributed by atoms with Gasteiger partial charge in [-0.1, -0.05) is 23.7 Å². The maximum atomic E-state index is 13.5. The van der Waals surface area contributed by atoms with Crippen molar-refractivity contribution in [3.8, 4) is 17.2 Å². The molecule has 0 aliphatic carbocycles. The summed E-state index contributed by atoms with van der Waals surface area (Å²) in [4.78, 5) is 29.2. The number of aromatic hydroxyl groups is 1. The summed E-state index contributed by atoms with van der Waals surface area (Å²) in [6, 6.07) is 14.1. The fraction of sp³-hybridized carbons (Fsp3) is 0.0435. The van der Waals surface area contributed by atoms with Crippen LogP contribution in [-0.2, 0) is 0 Å². The summed E-state index contributed by atoms with van der Waals surface area (Å²) >= 11 is 8.06. The molecule has 0 radical (unpaired) electrons. The van der Waals surface area contributed by atoms with Crippen LogP contribution in [0.25, 0.3) is 28.7 Å². The first-order valence-electron chi connectivity index (χ1n) is 9.50. The molecule has 3 aromatic carbocycles. The van der Waals surface area contributed by atoms with Gasteiger partial charge in [0.15, 0.2) is 11.5 Å². The zero-order valence-corrected chi connectivity index (χ0v) is 19.9. The Hall–Kier alpha value is -3.44. The third-order valence-corrected chi connectivity index (χ3v) is 5.77. The first-order valence-corrected chi connectivity index (χ1v) is 11.0. The van der Waals surface area contributed by atoms with Crippen LogP contribution in [0.2, 0.25) is 5.02 Å². The van der Waals surface area contributed by atoms with E-state index in [1.807, 2.05) is 6.07 Å². The molecule has 0 spiro atoms. The molecule has 1 heterocycles. The van der Waals surface area contributed by atoms with E-state index in [-0.39, 0.29) is 33.7 Å². The lowest BCUT2D eigenvalue weighted by atomic mass is 10.1. The van der Waals surface area contributed by atoms with E-state index >= 15 is 0 Å². The van der Waals surface area contributed by atoms with Gasteiger partial charge in [-0.15, -0.1) is 0 Å². The zero-order chi connectivity index (χ0) is 23.7. The maximum Gasteiger partial charge on any atom is 0.294 e. The van der Waals surface area contributed by atoms with Crippen LogP contribution in [0.4, 0.5) is 5.69 Å². The average molecular weight is 576 g/mol. The molecule has 0 unspecified atom stereocenters. The van der Waals surface area contributed by atoms with E-state index in [2.05, 4.69) is 27.6 Å². The van der Waals surface area contributed by atoms with Gasteiger partial charge in [0, 0.05) is 14.7 Å². The fourth-order valence-electron chi connectivity index (χ4n) is 3.32. The normalized spacial score (nSPS) is 11.2. The smallest absolute Gasteiger partial charge is 0.294 e. The molecule has 1 aromatic heterocycles. The summed E-state index contributed by atoms with van der Waals surface area (Å²) in [7, 11) is 1.44. The van der Waals surface area contributed by atoms with Crippen LogP contribution in [0.3, 0.4) is 0 Å². The van der Waals surface area contributed by atoms with E-state index in [1.165, 1.54) is 35.9 Å². The van der Waals surface area contributed by atoms with E-state index in [1.54, 1.807) is 36.4 Å². The van der Waals surface area contributed by atoms with Crippen LogP contribution in [0.1, 0.15) is 11.4 Å². The number of hydrogen-bond acceptors (Lipinski definition) is 6. The highest BCUT2D eigenvalue weighted by atomic mass is 127. The van der Waals surface area contributed by atoms with Crippen LogP contribution in [0.15, 0.2) is 59.4 Å². The molecule has 4 aromatic rings. The standard InChI is InChI=1S/C23H15ClIN3O5/c1-33-21-10-13(2-8-20(21)29)3-9-22-26-17-6-5-15(25)12-16(17)23(30)27(22)18-7-4-14(24)11-19(18)28(31)32/h2-12,29H,1H3. The largest absolute Gasteiger partial charge is 0.504 e. The van der Waals surface area contributed by atoms with Gasteiger partial charge in [0.05, 0.1) is 22.9 Å². The van der Waals surface area contributed by atoms with Gasteiger partial charge in [-0.25, -0.2) is 4.98 Å². The number of fused-ring (bicyclic) bond motifs is 1. The summed E-state index contributed by atoms with van der Waals surface area (Å²) in [5, 5.41) is 22.0. The molecule has 1 N–H and O–H groups in total. The predicted molar refractivity (Wildman–Crippen MR) is 135 cm³/mol. The summed E-state index contributed by atoms with van der Waals surface area (Å²) in [6.07, 6.45) is 3.24. The molecule has 0 saturated carbocycles. The molecule has 166 valence electrons. The average Bonchev–Trinajstić information content (AvgIpc) is 2.79. The van der Waals surface area contributed by atoms with Crippen molar-refractivity contribution in [1.82, 2.24) is 9.55 Å². The van der Waals surface area contributed by atoms with Crippen LogP contribution in [-0.4, -0.2) is 26.7 Å². The number of nitrogens with zero attached hydrogens (tertiary/aromatic N) is 3. The fourth-order valence-corrected chi connectivity index (χ4v) is 3.98. The molecule has 10 heteroatoms. The van der Waals surface area contributed by atoms with Gasteiger partial charge in [-0.05, 0) is 76.7 Å². The summed E-state index contributed by atoms with van der Waals surface area (Å²) in [5.74, 6) is 0.455. The molecular formula is C23H15ClIN3O5. The number of hydrogen-bond donors (Lipinski definition) is 1. The van der Waals surface area contributed by atoms with Crippen molar-refractivity contribution in [2.24, 2.45) is 0 Å². The maximum absolute atomic E-state index is 13.5. The summed E-state index contributed by atoms with van der Waals surface area (Å²) < 4.78 is 7.15. The van der Waals surface area contributed by atoms with Crippen LogP contribution < -0.4 is 10.3 Å². The molecule has 0 amide bonds. The summed E-state index contributed by atoms with van der Waals surface area (Å²) in [5.41, 5.74) is 0.393. The predicted octanol–water partition coefficient (Wildman–Crippen LogP) is 5.44. The Labute approximate surface area is 206 Å². The topological polar surface area (TPSA) is 107 Å². The number of benzene rings is 3. The van der Waals surface area contributed by atoms with Crippen molar-refractivity contribution >= 4 is 62.9 Å². The van der Waals surface area contributed by atoms with Crippen molar-refractivity contribution in [3.63, 3.8) is 0 Å². The van der Waals surface area contributed by atoms with Gasteiger partial charge in [-0.2, -0.15) is 0 Å². The van der Waals surface area contributed by atoms with E-state index in [0.717, 1.165) is 3.57 Å². The number of phenolic OH excluding ortho intramolecular Hbond substituents is 1. The highest BCUT2D eigenvalue weighted by molar-refractivity contribution is 14.1. The molecule has 0 fully saturated rings. The van der Waals surface area contributed by atoms with Crippen LogP contribution in [0, 0.1) is 13.7 Å². The number of phenols is 1. The minimum atomic E-state index is -0.592. The second-order valence-corrected chi connectivity index (χ2v) is 8.61. The van der Waals surface area contributed by atoms with Crippen molar-refractivity contribution in [2.75, 3.05) is 7.11 Å². The number of halogens is 2. The third kappa shape index (κ3) is 4.55. The number of aromatic nitrogens is 2. The molecule has 8 nitrogen and oxygen atoms in total.